The minimum Gasteiger partial charge on any atom is -0.354 e. The van der Waals surface area contributed by atoms with Crippen LogP contribution in [-0.4, -0.2) is 41.6 Å². The average molecular weight is 432 g/mol. The Morgan fingerprint density at radius 2 is 1.79 bits per heavy atom. The van der Waals surface area contributed by atoms with Gasteiger partial charge in [0, 0.05) is 22.2 Å². The van der Waals surface area contributed by atoms with Crippen molar-refractivity contribution in [3.63, 3.8) is 0 Å². The number of hydrogen-bond acceptors (Lipinski definition) is 4. The number of aryl methyl sites for hydroxylation is 1. The van der Waals surface area contributed by atoms with Crippen LogP contribution >= 0.6 is 23.4 Å². The second kappa shape index (κ2) is 8.88. The molecular formula is C21H22ClN3O3S. The van der Waals surface area contributed by atoms with Crippen molar-refractivity contribution in [2.24, 2.45) is 0 Å². The molecule has 152 valence electrons. The van der Waals surface area contributed by atoms with E-state index in [0.29, 0.717) is 22.9 Å². The first kappa shape index (κ1) is 21.2. The highest BCUT2D eigenvalue weighted by Gasteiger charge is 2.49. The van der Waals surface area contributed by atoms with Crippen molar-refractivity contribution in [2.45, 2.75) is 24.3 Å². The van der Waals surface area contributed by atoms with E-state index in [1.807, 2.05) is 55.5 Å². The van der Waals surface area contributed by atoms with Gasteiger partial charge in [-0.3, -0.25) is 14.5 Å². The van der Waals surface area contributed by atoms with Crippen LogP contribution in [0.2, 0.25) is 5.02 Å². The van der Waals surface area contributed by atoms with Crippen molar-refractivity contribution in [2.75, 3.05) is 18.8 Å². The Morgan fingerprint density at radius 3 is 2.45 bits per heavy atom. The maximum absolute atomic E-state index is 12.8. The van der Waals surface area contributed by atoms with Crippen LogP contribution in [0.1, 0.15) is 18.1 Å². The largest absolute Gasteiger partial charge is 0.354 e. The first-order chi connectivity index (χ1) is 13.8. The third kappa shape index (κ3) is 4.92. The summed E-state index contributed by atoms with van der Waals surface area (Å²) in [6.07, 6.45) is 0. The number of halogens is 1. The van der Waals surface area contributed by atoms with Gasteiger partial charge in [-0.25, -0.2) is 4.79 Å². The smallest absolute Gasteiger partial charge is 0.325 e. The van der Waals surface area contributed by atoms with E-state index < -0.39 is 17.5 Å². The van der Waals surface area contributed by atoms with Gasteiger partial charge in [-0.2, -0.15) is 0 Å². The molecule has 2 aromatic rings. The molecule has 4 amide bonds. The Balaban J connectivity index is 1.52. The van der Waals surface area contributed by atoms with Gasteiger partial charge < -0.3 is 10.6 Å². The van der Waals surface area contributed by atoms with Crippen molar-refractivity contribution in [1.29, 1.82) is 0 Å². The fourth-order valence-corrected chi connectivity index (χ4v) is 3.91. The van der Waals surface area contributed by atoms with Gasteiger partial charge in [-0.05, 0) is 43.7 Å². The number of imide groups is 1. The number of thioether (sulfide) groups is 1. The predicted octanol–water partition coefficient (Wildman–Crippen LogP) is 3.32. The van der Waals surface area contributed by atoms with E-state index in [4.69, 9.17) is 11.6 Å². The van der Waals surface area contributed by atoms with Crippen LogP contribution in [-0.2, 0) is 15.1 Å². The van der Waals surface area contributed by atoms with Gasteiger partial charge in [0.1, 0.15) is 12.1 Å². The molecule has 0 saturated carbocycles. The molecule has 0 unspecified atom stereocenters. The van der Waals surface area contributed by atoms with Gasteiger partial charge in [0.2, 0.25) is 5.91 Å². The fourth-order valence-electron chi connectivity index (χ4n) is 3.01. The number of hydrogen-bond donors (Lipinski definition) is 2. The van der Waals surface area contributed by atoms with Crippen LogP contribution < -0.4 is 10.6 Å². The van der Waals surface area contributed by atoms with Crippen LogP contribution in [0.25, 0.3) is 0 Å². The standard InChI is InChI=1S/C21H22ClN3O3S/c1-14-3-5-15(6-4-14)21(2)19(27)25(20(28)24-21)13-18(26)23-11-12-29-17-9-7-16(22)8-10-17/h3-10H,11-13H2,1-2H3,(H,23,26)(H,24,28)/t21-/m0/s1. The normalized spacial score (nSPS) is 18.7. The first-order valence-corrected chi connectivity index (χ1v) is 10.5. The summed E-state index contributed by atoms with van der Waals surface area (Å²) in [7, 11) is 0. The molecule has 29 heavy (non-hydrogen) atoms. The second-order valence-corrected chi connectivity index (χ2v) is 8.57. The van der Waals surface area contributed by atoms with E-state index >= 15 is 0 Å². The van der Waals surface area contributed by atoms with Crippen LogP contribution in [0.15, 0.2) is 53.4 Å². The second-order valence-electron chi connectivity index (χ2n) is 6.96. The molecule has 3 rings (SSSR count). The molecule has 1 atom stereocenters. The summed E-state index contributed by atoms with van der Waals surface area (Å²) in [6.45, 7) is 3.71. The number of rotatable bonds is 7. The first-order valence-electron chi connectivity index (χ1n) is 9.16. The van der Waals surface area contributed by atoms with E-state index in [0.717, 1.165) is 15.4 Å². The lowest BCUT2D eigenvalue weighted by molar-refractivity contribution is -0.134. The summed E-state index contributed by atoms with van der Waals surface area (Å²) in [5.41, 5.74) is 0.570. The molecule has 8 heteroatoms. The van der Waals surface area contributed by atoms with E-state index in [-0.39, 0.29) is 12.5 Å². The van der Waals surface area contributed by atoms with Crippen LogP contribution in [0.3, 0.4) is 0 Å². The number of urea groups is 1. The number of benzene rings is 2. The molecule has 1 aliphatic rings. The molecule has 0 aliphatic carbocycles. The van der Waals surface area contributed by atoms with Gasteiger partial charge in [0.15, 0.2) is 0 Å². The Labute approximate surface area is 179 Å². The molecule has 1 aliphatic heterocycles. The summed E-state index contributed by atoms with van der Waals surface area (Å²) in [5.74, 6) is -0.149. The third-order valence-electron chi connectivity index (χ3n) is 4.71. The van der Waals surface area contributed by atoms with Crippen molar-refractivity contribution < 1.29 is 14.4 Å². The molecule has 0 radical (unpaired) electrons. The van der Waals surface area contributed by atoms with Crippen molar-refractivity contribution in [1.82, 2.24) is 15.5 Å². The fraction of sp³-hybridized carbons (Fsp3) is 0.286. The van der Waals surface area contributed by atoms with E-state index in [9.17, 15) is 14.4 Å². The molecule has 2 N–H and O–H groups in total. The predicted molar refractivity (Wildman–Crippen MR) is 114 cm³/mol. The summed E-state index contributed by atoms with van der Waals surface area (Å²) in [5, 5.41) is 6.13. The van der Waals surface area contributed by atoms with E-state index in [1.54, 1.807) is 18.7 Å². The van der Waals surface area contributed by atoms with Gasteiger partial charge in [-0.1, -0.05) is 41.4 Å². The van der Waals surface area contributed by atoms with Gasteiger partial charge in [-0.15, -0.1) is 11.8 Å². The minimum absolute atomic E-state index is 0.308. The number of amides is 4. The lowest BCUT2D eigenvalue weighted by atomic mass is 9.91. The molecule has 1 saturated heterocycles. The maximum atomic E-state index is 12.8. The molecule has 0 bridgehead atoms. The SMILES string of the molecule is Cc1ccc([C@]2(C)NC(=O)N(CC(=O)NCCSc3ccc(Cl)cc3)C2=O)cc1. The van der Waals surface area contributed by atoms with E-state index in [2.05, 4.69) is 10.6 Å². The van der Waals surface area contributed by atoms with Crippen molar-refractivity contribution >= 4 is 41.2 Å². The number of nitrogens with zero attached hydrogens (tertiary/aromatic N) is 1. The molecule has 1 fully saturated rings. The van der Waals surface area contributed by atoms with Crippen LogP contribution in [0.5, 0.6) is 0 Å². The average Bonchev–Trinajstić information content (AvgIpc) is 2.91. The van der Waals surface area contributed by atoms with Crippen LogP contribution in [0.4, 0.5) is 4.79 Å². The molecule has 2 aromatic carbocycles. The number of nitrogens with one attached hydrogen (secondary N) is 2. The topological polar surface area (TPSA) is 78.5 Å². The summed E-state index contributed by atoms with van der Waals surface area (Å²) in [4.78, 5) is 39.4. The Hall–Kier alpha value is -2.51. The van der Waals surface area contributed by atoms with Gasteiger partial charge in [0.05, 0.1) is 0 Å². The zero-order chi connectivity index (χ0) is 21.0. The lowest BCUT2D eigenvalue weighted by Gasteiger charge is -2.22. The molecule has 1 heterocycles. The van der Waals surface area contributed by atoms with Crippen molar-refractivity contribution in [3.8, 4) is 0 Å². The minimum atomic E-state index is -1.17. The molecule has 0 spiro atoms. The summed E-state index contributed by atoms with van der Waals surface area (Å²) >= 11 is 7.43. The monoisotopic (exact) mass is 431 g/mol. The molecule has 0 aromatic heterocycles. The highest BCUT2D eigenvalue weighted by atomic mass is 35.5. The lowest BCUT2D eigenvalue weighted by Crippen LogP contribution is -2.43. The summed E-state index contributed by atoms with van der Waals surface area (Å²) < 4.78 is 0. The number of carbonyl (C=O) groups is 3. The Bertz CT molecular complexity index is 918. The molecular weight excluding hydrogens is 410 g/mol. The zero-order valence-electron chi connectivity index (χ0n) is 16.2. The Kier molecular flexibility index (Phi) is 6.49. The summed E-state index contributed by atoms with van der Waals surface area (Å²) in [6, 6.07) is 14.3. The zero-order valence-corrected chi connectivity index (χ0v) is 17.8. The maximum Gasteiger partial charge on any atom is 0.325 e. The Morgan fingerprint density at radius 1 is 1.14 bits per heavy atom. The highest BCUT2D eigenvalue weighted by Crippen LogP contribution is 2.28. The quantitative estimate of drug-likeness (QED) is 0.400. The molecule has 6 nitrogen and oxygen atoms in total. The van der Waals surface area contributed by atoms with E-state index in [1.165, 1.54) is 0 Å². The van der Waals surface area contributed by atoms with Crippen molar-refractivity contribution in [3.05, 3.63) is 64.7 Å². The highest BCUT2D eigenvalue weighted by molar-refractivity contribution is 7.99. The third-order valence-corrected chi connectivity index (χ3v) is 5.98. The van der Waals surface area contributed by atoms with Crippen LogP contribution in [0, 0.1) is 6.92 Å². The van der Waals surface area contributed by atoms with Gasteiger partial charge in [0.25, 0.3) is 5.91 Å². The number of carbonyl (C=O) groups excluding carboxylic acids is 3. The van der Waals surface area contributed by atoms with Gasteiger partial charge >= 0.3 is 6.03 Å².